The molecule has 0 aliphatic heterocycles. The number of benzene rings is 1. The minimum atomic E-state index is -0.852. The molecular weight excluding hydrogens is 383 g/mol. The normalized spacial score (nSPS) is 11.4. The zero-order valence-electron chi connectivity index (χ0n) is 16.9. The summed E-state index contributed by atoms with van der Waals surface area (Å²) < 4.78 is 20.3. The number of nitrogens with zero attached hydrogens (tertiary/aromatic N) is 3. The third-order valence-electron chi connectivity index (χ3n) is 3.58. The van der Waals surface area contributed by atoms with Crippen molar-refractivity contribution in [3.63, 3.8) is 0 Å². The van der Waals surface area contributed by atoms with E-state index in [4.69, 9.17) is 4.74 Å². The van der Waals surface area contributed by atoms with E-state index in [1.165, 1.54) is 6.20 Å². The van der Waals surface area contributed by atoms with Crippen LogP contribution in [0.15, 0.2) is 29.2 Å². The molecule has 0 atom stereocenters. The molecule has 1 aromatic heterocycles. The minimum absolute atomic E-state index is 0.00166. The lowest BCUT2D eigenvalue weighted by Gasteiger charge is -2.21. The third kappa shape index (κ3) is 5.84. The Balaban J connectivity index is 2.63. The van der Waals surface area contributed by atoms with Gasteiger partial charge in [0.15, 0.2) is 5.82 Å². The SMILES string of the molecule is CC(C)Nc1ncc(-c2cc(F)cc([N+](=O)[O-])c2)n(CC(=O)OC(C)(C)C)c1=O. The van der Waals surface area contributed by atoms with E-state index in [1.807, 2.05) is 13.8 Å². The van der Waals surface area contributed by atoms with Gasteiger partial charge in [0.05, 0.1) is 22.9 Å². The van der Waals surface area contributed by atoms with Crippen molar-refractivity contribution in [2.45, 2.75) is 52.8 Å². The number of ether oxygens (including phenoxy) is 1. The number of carbonyl (C=O) groups excluding carboxylic acids is 1. The number of carbonyl (C=O) groups is 1. The number of nitro benzene ring substituents is 1. The predicted octanol–water partition coefficient (Wildman–Crippen LogP) is 3.12. The summed E-state index contributed by atoms with van der Waals surface area (Å²) in [4.78, 5) is 39.6. The third-order valence-corrected chi connectivity index (χ3v) is 3.58. The van der Waals surface area contributed by atoms with Gasteiger partial charge >= 0.3 is 5.97 Å². The molecule has 0 bridgehead atoms. The van der Waals surface area contributed by atoms with Gasteiger partial charge in [0.2, 0.25) is 0 Å². The van der Waals surface area contributed by atoms with Gasteiger partial charge < -0.3 is 10.1 Å². The molecule has 2 aromatic rings. The maximum Gasteiger partial charge on any atom is 0.326 e. The van der Waals surface area contributed by atoms with Crippen LogP contribution in [0.2, 0.25) is 0 Å². The molecule has 1 N–H and O–H groups in total. The standard InChI is InChI=1S/C19H23FN4O5/c1-11(2)22-17-18(26)23(10-16(25)29-19(3,4)5)15(9-21-17)12-6-13(20)8-14(7-12)24(27)28/h6-9,11H,10H2,1-5H3,(H,21,22). The Hall–Kier alpha value is -3.30. The number of esters is 1. The van der Waals surface area contributed by atoms with Crippen LogP contribution in [0.1, 0.15) is 34.6 Å². The van der Waals surface area contributed by atoms with Crippen LogP contribution in [-0.4, -0.2) is 32.1 Å². The van der Waals surface area contributed by atoms with Gasteiger partial charge in [0, 0.05) is 17.7 Å². The molecule has 0 saturated heterocycles. The maximum absolute atomic E-state index is 13.9. The van der Waals surface area contributed by atoms with Gasteiger partial charge in [0.25, 0.3) is 11.2 Å². The van der Waals surface area contributed by atoms with E-state index < -0.39 is 40.1 Å². The fourth-order valence-electron chi connectivity index (χ4n) is 2.58. The molecule has 0 amide bonds. The van der Waals surface area contributed by atoms with Crippen LogP contribution in [-0.2, 0) is 16.1 Å². The monoisotopic (exact) mass is 406 g/mol. The summed E-state index contributed by atoms with van der Waals surface area (Å²) in [7, 11) is 0. The molecule has 1 aromatic carbocycles. The Labute approximate surface area is 166 Å². The lowest BCUT2D eigenvalue weighted by Crippen LogP contribution is -2.33. The quantitative estimate of drug-likeness (QED) is 0.445. The molecule has 0 unspecified atom stereocenters. The molecule has 2 rings (SSSR count). The molecular formula is C19H23FN4O5. The average molecular weight is 406 g/mol. The first-order valence-corrected chi connectivity index (χ1v) is 8.91. The average Bonchev–Trinajstić information content (AvgIpc) is 2.55. The van der Waals surface area contributed by atoms with Crippen LogP contribution >= 0.6 is 0 Å². The molecule has 0 aliphatic carbocycles. The second-order valence-corrected chi connectivity index (χ2v) is 7.72. The number of aromatic nitrogens is 2. The summed E-state index contributed by atoms with van der Waals surface area (Å²) in [5, 5.41) is 13.9. The van der Waals surface area contributed by atoms with Crippen molar-refractivity contribution in [1.82, 2.24) is 9.55 Å². The summed E-state index contributed by atoms with van der Waals surface area (Å²) in [5.41, 5.74) is -1.79. The van der Waals surface area contributed by atoms with Gasteiger partial charge in [-0.1, -0.05) is 0 Å². The number of hydrogen-bond donors (Lipinski definition) is 1. The van der Waals surface area contributed by atoms with Crippen molar-refractivity contribution in [3.05, 3.63) is 50.7 Å². The first-order valence-electron chi connectivity index (χ1n) is 8.91. The topological polar surface area (TPSA) is 116 Å². The molecule has 1 heterocycles. The van der Waals surface area contributed by atoms with Crippen molar-refractivity contribution < 1.29 is 18.8 Å². The van der Waals surface area contributed by atoms with E-state index in [0.29, 0.717) is 0 Å². The summed E-state index contributed by atoms with van der Waals surface area (Å²) in [6.45, 7) is 8.20. The molecule has 29 heavy (non-hydrogen) atoms. The maximum atomic E-state index is 13.9. The van der Waals surface area contributed by atoms with Gasteiger partial charge in [-0.15, -0.1) is 0 Å². The number of halogens is 1. The summed E-state index contributed by atoms with van der Waals surface area (Å²) in [6, 6.07) is 2.80. The molecule has 0 spiro atoms. The Morgan fingerprint density at radius 2 is 2.00 bits per heavy atom. The Morgan fingerprint density at radius 3 is 2.55 bits per heavy atom. The fourth-order valence-corrected chi connectivity index (χ4v) is 2.58. The van der Waals surface area contributed by atoms with Gasteiger partial charge in [-0.05, 0) is 40.7 Å². The van der Waals surface area contributed by atoms with Crippen LogP contribution in [0.4, 0.5) is 15.9 Å². The van der Waals surface area contributed by atoms with Gasteiger partial charge in [-0.25, -0.2) is 9.37 Å². The Bertz CT molecular complexity index is 995. The molecule has 10 heteroatoms. The van der Waals surface area contributed by atoms with Gasteiger partial charge in [0.1, 0.15) is 18.0 Å². The van der Waals surface area contributed by atoms with E-state index in [9.17, 15) is 24.1 Å². The van der Waals surface area contributed by atoms with Crippen molar-refractivity contribution >= 4 is 17.5 Å². The van der Waals surface area contributed by atoms with E-state index in [0.717, 1.165) is 22.8 Å². The zero-order valence-corrected chi connectivity index (χ0v) is 16.9. The smallest absolute Gasteiger partial charge is 0.326 e. The van der Waals surface area contributed by atoms with Crippen molar-refractivity contribution in [1.29, 1.82) is 0 Å². The lowest BCUT2D eigenvalue weighted by molar-refractivity contribution is -0.385. The van der Waals surface area contributed by atoms with E-state index in [-0.39, 0.29) is 23.1 Å². The second kappa shape index (κ2) is 8.38. The molecule has 156 valence electrons. The predicted molar refractivity (Wildman–Crippen MR) is 105 cm³/mol. The summed E-state index contributed by atoms with van der Waals surface area (Å²) >= 11 is 0. The first-order chi connectivity index (χ1) is 13.4. The number of nitro groups is 1. The first kappa shape index (κ1) is 22.0. The van der Waals surface area contributed by atoms with E-state index in [1.54, 1.807) is 20.8 Å². The molecule has 0 fully saturated rings. The lowest BCUT2D eigenvalue weighted by atomic mass is 10.1. The van der Waals surface area contributed by atoms with Crippen molar-refractivity contribution in [2.24, 2.45) is 0 Å². The highest BCUT2D eigenvalue weighted by atomic mass is 19.1. The second-order valence-electron chi connectivity index (χ2n) is 7.72. The zero-order chi connectivity index (χ0) is 21.9. The Morgan fingerprint density at radius 1 is 1.34 bits per heavy atom. The van der Waals surface area contributed by atoms with Crippen LogP contribution in [0, 0.1) is 15.9 Å². The number of non-ortho nitro benzene ring substituents is 1. The van der Waals surface area contributed by atoms with Gasteiger partial charge in [-0.3, -0.25) is 24.3 Å². The highest BCUT2D eigenvalue weighted by Crippen LogP contribution is 2.25. The van der Waals surface area contributed by atoms with Gasteiger partial charge in [-0.2, -0.15) is 0 Å². The highest BCUT2D eigenvalue weighted by Gasteiger charge is 2.21. The molecule has 0 radical (unpaired) electrons. The fraction of sp³-hybridized carbons (Fsp3) is 0.421. The molecule has 0 saturated carbocycles. The molecule has 9 nitrogen and oxygen atoms in total. The van der Waals surface area contributed by atoms with Crippen LogP contribution in [0.5, 0.6) is 0 Å². The summed E-state index contributed by atoms with van der Waals surface area (Å²) in [6.07, 6.45) is 1.26. The van der Waals surface area contributed by atoms with Crippen LogP contribution < -0.4 is 10.9 Å². The number of anilines is 1. The van der Waals surface area contributed by atoms with Crippen LogP contribution in [0.3, 0.4) is 0 Å². The highest BCUT2D eigenvalue weighted by molar-refractivity contribution is 5.72. The summed E-state index contributed by atoms with van der Waals surface area (Å²) in [5.74, 6) is -1.54. The van der Waals surface area contributed by atoms with E-state index in [2.05, 4.69) is 10.3 Å². The van der Waals surface area contributed by atoms with Crippen molar-refractivity contribution in [2.75, 3.05) is 5.32 Å². The number of rotatable bonds is 6. The molecule has 0 aliphatic rings. The van der Waals surface area contributed by atoms with Crippen LogP contribution in [0.25, 0.3) is 11.3 Å². The number of hydrogen-bond acceptors (Lipinski definition) is 7. The van der Waals surface area contributed by atoms with Crippen molar-refractivity contribution in [3.8, 4) is 11.3 Å². The minimum Gasteiger partial charge on any atom is -0.459 e. The van der Waals surface area contributed by atoms with E-state index >= 15 is 0 Å². The Kier molecular flexibility index (Phi) is 6.35. The number of nitrogens with one attached hydrogen (secondary N) is 1. The largest absolute Gasteiger partial charge is 0.459 e.